The zero-order valence-corrected chi connectivity index (χ0v) is 16.6. The number of rotatable bonds is 7. The smallest absolute Gasteiger partial charge is 0.291 e. The van der Waals surface area contributed by atoms with Gasteiger partial charge < -0.3 is 19.4 Å². The molecule has 3 rings (SSSR count). The Bertz CT molecular complexity index is 1070. The average molecular weight is 418 g/mol. The monoisotopic (exact) mass is 418 g/mol. The lowest BCUT2D eigenvalue weighted by atomic mass is 10.3. The van der Waals surface area contributed by atoms with Gasteiger partial charge in [0.05, 0.1) is 11.9 Å². The van der Waals surface area contributed by atoms with E-state index in [4.69, 9.17) is 9.15 Å². The summed E-state index contributed by atoms with van der Waals surface area (Å²) >= 11 is 0. The summed E-state index contributed by atoms with van der Waals surface area (Å²) in [5.41, 5.74) is 0.501. The van der Waals surface area contributed by atoms with Gasteiger partial charge in [-0.25, -0.2) is 8.78 Å². The molecule has 30 heavy (non-hydrogen) atoms. The van der Waals surface area contributed by atoms with Gasteiger partial charge in [0.2, 0.25) is 0 Å². The second-order valence-corrected chi connectivity index (χ2v) is 6.51. The summed E-state index contributed by atoms with van der Waals surface area (Å²) in [6.07, 6.45) is 1.39. The molecule has 0 fully saturated rings. The Morgan fingerprint density at radius 3 is 2.67 bits per heavy atom. The van der Waals surface area contributed by atoms with Crippen LogP contribution in [-0.2, 0) is 13.2 Å². The third-order valence-electron chi connectivity index (χ3n) is 4.15. The van der Waals surface area contributed by atoms with Gasteiger partial charge in [-0.3, -0.25) is 14.3 Å². The summed E-state index contributed by atoms with van der Waals surface area (Å²) in [7, 11) is 3.20. The zero-order chi connectivity index (χ0) is 21.8. The van der Waals surface area contributed by atoms with Crippen molar-refractivity contribution in [2.45, 2.75) is 20.1 Å². The molecule has 2 heterocycles. The van der Waals surface area contributed by atoms with Gasteiger partial charge >= 0.3 is 0 Å². The third kappa shape index (κ3) is 4.48. The topological polar surface area (TPSA) is 89.6 Å². The molecule has 0 spiro atoms. The molecule has 0 unspecified atom stereocenters. The minimum atomic E-state index is -0.842. The molecule has 0 atom stereocenters. The number of ether oxygens (including phenoxy) is 1. The maximum Gasteiger partial charge on any atom is 0.291 e. The third-order valence-corrected chi connectivity index (χ3v) is 4.15. The minimum Gasteiger partial charge on any atom is -0.483 e. The van der Waals surface area contributed by atoms with Crippen LogP contribution < -0.4 is 10.1 Å². The van der Waals surface area contributed by atoms with E-state index in [1.165, 1.54) is 27.9 Å². The first-order valence-corrected chi connectivity index (χ1v) is 9.05. The SMILES string of the molecule is CCn1ncc(NC(=O)c2ccc(COc3ccc(F)cc3F)o2)c1C(=O)N(C)C. The number of hydrogen-bond acceptors (Lipinski definition) is 5. The van der Waals surface area contributed by atoms with Crippen molar-refractivity contribution >= 4 is 17.5 Å². The fraction of sp³-hybridized carbons (Fsp3) is 0.250. The first-order valence-electron chi connectivity index (χ1n) is 9.05. The maximum atomic E-state index is 13.6. The van der Waals surface area contributed by atoms with E-state index in [2.05, 4.69) is 10.4 Å². The minimum absolute atomic E-state index is 0.0271. The second-order valence-electron chi connectivity index (χ2n) is 6.51. The van der Waals surface area contributed by atoms with Crippen LogP contribution in [0.4, 0.5) is 14.5 Å². The summed E-state index contributed by atoms with van der Waals surface area (Å²) in [5, 5.41) is 6.72. The quantitative estimate of drug-likeness (QED) is 0.636. The molecule has 10 heteroatoms. The molecule has 0 aliphatic heterocycles. The first kappa shape index (κ1) is 21.0. The van der Waals surface area contributed by atoms with E-state index in [1.54, 1.807) is 14.1 Å². The summed E-state index contributed by atoms with van der Waals surface area (Å²) < 4.78 is 38.7. The molecule has 1 aromatic carbocycles. The molecule has 3 aromatic rings. The summed E-state index contributed by atoms with van der Waals surface area (Å²) in [6, 6.07) is 5.86. The van der Waals surface area contributed by atoms with Crippen molar-refractivity contribution in [3.8, 4) is 5.75 Å². The highest BCUT2D eigenvalue weighted by molar-refractivity contribution is 6.07. The number of hydrogen-bond donors (Lipinski definition) is 1. The highest BCUT2D eigenvalue weighted by Gasteiger charge is 2.22. The van der Waals surface area contributed by atoms with Crippen molar-refractivity contribution in [3.63, 3.8) is 0 Å². The molecular weight excluding hydrogens is 398 g/mol. The van der Waals surface area contributed by atoms with E-state index in [-0.39, 0.29) is 41.2 Å². The van der Waals surface area contributed by atoms with Crippen molar-refractivity contribution in [3.05, 3.63) is 65.4 Å². The lowest BCUT2D eigenvalue weighted by molar-refractivity contribution is 0.0816. The van der Waals surface area contributed by atoms with Gasteiger partial charge in [0, 0.05) is 26.7 Å². The second kappa shape index (κ2) is 8.76. The molecule has 0 bridgehead atoms. The van der Waals surface area contributed by atoms with Crippen LogP contribution >= 0.6 is 0 Å². The Hall–Kier alpha value is -3.69. The highest BCUT2D eigenvalue weighted by Crippen LogP contribution is 2.21. The number of anilines is 1. The lowest BCUT2D eigenvalue weighted by Gasteiger charge is -2.13. The molecule has 0 radical (unpaired) electrons. The summed E-state index contributed by atoms with van der Waals surface area (Å²) in [5.74, 6) is -2.35. The van der Waals surface area contributed by atoms with Gasteiger partial charge in [-0.2, -0.15) is 5.10 Å². The van der Waals surface area contributed by atoms with Crippen molar-refractivity contribution in [1.29, 1.82) is 0 Å². The molecule has 2 amide bonds. The number of carbonyl (C=O) groups is 2. The number of nitrogens with zero attached hydrogens (tertiary/aromatic N) is 3. The maximum absolute atomic E-state index is 13.6. The molecule has 1 N–H and O–H groups in total. The van der Waals surface area contributed by atoms with Gasteiger partial charge in [0.25, 0.3) is 11.8 Å². The largest absolute Gasteiger partial charge is 0.483 e. The van der Waals surface area contributed by atoms with Gasteiger partial charge in [-0.05, 0) is 31.2 Å². The Labute approximate surface area is 171 Å². The average Bonchev–Trinajstić information content (AvgIpc) is 3.33. The van der Waals surface area contributed by atoms with Crippen LogP contribution in [0.15, 0.2) is 40.9 Å². The molecular formula is C20H20F2N4O4. The van der Waals surface area contributed by atoms with Crippen LogP contribution in [-0.4, -0.2) is 40.6 Å². The predicted octanol–water partition coefficient (Wildman–Crippen LogP) is 3.31. The van der Waals surface area contributed by atoms with Crippen LogP contribution in [0.3, 0.4) is 0 Å². The Morgan fingerprint density at radius 2 is 2.00 bits per heavy atom. The van der Waals surface area contributed by atoms with E-state index in [0.29, 0.717) is 12.6 Å². The normalized spacial score (nSPS) is 10.7. The van der Waals surface area contributed by atoms with E-state index >= 15 is 0 Å². The number of halogens is 2. The van der Waals surface area contributed by atoms with E-state index in [1.807, 2.05) is 6.92 Å². The van der Waals surface area contributed by atoms with Crippen molar-refractivity contribution in [2.75, 3.05) is 19.4 Å². The van der Waals surface area contributed by atoms with Crippen molar-refractivity contribution in [1.82, 2.24) is 14.7 Å². The Balaban J connectivity index is 1.70. The number of aromatic nitrogens is 2. The van der Waals surface area contributed by atoms with Crippen LogP contribution in [0.2, 0.25) is 0 Å². The van der Waals surface area contributed by atoms with Gasteiger partial charge in [-0.15, -0.1) is 0 Å². The van der Waals surface area contributed by atoms with Crippen LogP contribution in [0.1, 0.15) is 33.7 Å². The molecule has 0 aliphatic carbocycles. The van der Waals surface area contributed by atoms with Gasteiger partial charge in [0.15, 0.2) is 17.3 Å². The van der Waals surface area contributed by atoms with Crippen molar-refractivity contribution in [2.24, 2.45) is 0 Å². The Kier molecular flexibility index (Phi) is 6.14. The number of furan rings is 1. The number of amides is 2. The molecule has 8 nitrogen and oxygen atoms in total. The highest BCUT2D eigenvalue weighted by atomic mass is 19.1. The van der Waals surface area contributed by atoms with E-state index in [0.717, 1.165) is 12.1 Å². The number of benzene rings is 1. The molecule has 158 valence electrons. The molecule has 0 saturated heterocycles. The number of aryl methyl sites for hydroxylation is 1. The molecule has 2 aromatic heterocycles. The van der Waals surface area contributed by atoms with Crippen LogP contribution in [0, 0.1) is 11.6 Å². The van der Waals surface area contributed by atoms with Crippen molar-refractivity contribution < 1.29 is 27.5 Å². The fourth-order valence-electron chi connectivity index (χ4n) is 2.66. The van der Waals surface area contributed by atoms with E-state index in [9.17, 15) is 18.4 Å². The summed E-state index contributed by atoms with van der Waals surface area (Å²) in [4.78, 5) is 26.3. The lowest BCUT2D eigenvalue weighted by Crippen LogP contribution is -2.26. The van der Waals surface area contributed by atoms with Crippen LogP contribution in [0.5, 0.6) is 5.75 Å². The van der Waals surface area contributed by atoms with E-state index < -0.39 is 17.5 Å². The predicted molar refractivity (Wildman–Crippen MR) is 103 cm³/mol. The zero-order valence-electron chi connectivity index (χ0n) is 16.6. The Morgan fingerprint density at radius 1 is 1.23 bits per heavy atom. The van der Waals surface area contributed by atoms with Gasteiger partial charge in [0.1, 0.15) is 23.9 Å². The number of carbonyl (C=O) groups excluding carboxylic acids is 2. The molecule has 0 saturated carbocycles. The number of nitrogens with one attached hydrogen (secondary N) is 1. The fourth-order valence-corrected chi connectivity index (χ4v) is 2.66. The molecule has 0 aliphatic rings. The van der Waals surface area contributed by atoms with Crippen LogP contribution in [0.25, 0.3) is 0 Å². The van der Waals surface area contributed by atoms with Gasteiger partial charge in [-0.1, -0.05) is 0 Å². The standard InChI is InChI=1S/C20H20F2N4O4/c1-4-26-18(20(28)25(2)3)15(10-23-26)24-19(27)17-8-6-13(30-17)11-29-16-7-5-12(21)9-14(16)22/h5-10H,4,11H2,1-3H3,(H,24,27). The summed E-state index contributed by atoms with van der Waals surface area (Å²) in [6.45, 7) is 2.12. The first-order chi connectivity index (χ1) is 14.3.